The highest BCUT2D eigenvalue weighted by Gasteiger charge is 2.18. The fourth-order valence-electron chi connectivity index (χ4n) is 3.02. The highest BCUT2D eigenvalue weighted by molar-refractivity contribution is 8.00. The molecule has 33 heavy (non-hydrogen) atoms. The van der Waals surface area contributed by atoms with Crippen molar-refractivity contribution in [2.45, 2.75) is 39.9 Å². The van der Waals surface area contributed by atoms with Crippen LogP contribution < -0.4 is 0 Å². The molecule has 0 saturated carbocycles. The van der Waals surface area contributed by atoms with E-state index in [9.17, 15) is 14.4 Å². The highest BCUT2D eigenvalue weighted by Crippen LogP contribution is 2.39. The van der Waals surface area contributed by atoms with Crippen LogP contribution in [0.5, 0.6) is 0 Å². The van der Waals surface area contributed by atoms with Gasteiger partial charge in [0.2, 0.25) is 0 Å². The number of hydrogen-bond acceptors (Lipinski definition) is 6. The second-order valence-electron chi connectivity index (χ2n) is 6.89. The van der Waals surface area contributed by atoms with Gasteiger partial charge in [-0.1, -0.05) is 30.4 Å². The molecule has 2 N–H and O–H groups in total. The largest absolute Gasteiger partial charge is 0.478 e. The summed E-state index contributed by atoms with van der Waals surface area (Å²) in [6.07, 6.45) is 0.695. The number of carbonyl (C=O) groups excluding carboxylic acids is 1. The Bertz CT molecular complexity index is 1170. The number of aryl methyl sites for hydroxylation is 1. The first-order chi connectivity index (χ1) is 15.8. The lowest BCUT2D eigenvalue weighted by Gasteiger charge is -2.15. The zero-order chi connectivity index (χ0) is 24.0. The SMILES string of the molecule is CCOC(=O)c1cc(CC)c(Sc2ccc(C(=O)O)cc2)cc1Sc1ccc(C(=O)O)cc1. The van der Waals surface area contributed by atoms with Gasteiger partial charge in [0.05, 0.1) is 23.3 Å². The van der Waals surface area contributed by atoms with Crippen molar-refractivity contribution in [2.24, 2.45) is 0 Å². The molecule has 0 heterocycles. The molecule has 0 fully saturated rings. The fraction of sp³-hybridized carbons (Fsp3) is 0.160. The molecule has 0 atom stereocenters. The average molecular weight is 483 g/mol. The van der Waals surface area contributed by atoms with Gasteiger partial charge in [-0.25, -0.2) is 14.4 Å². The predicted octanol–water partition coefficient (Wildman–Crippen LogP) is 6.12. The van der Waals surface area contributed by atoms with Crippen molar-refractivity contribution in [2.75, 3.05) is 6.61 Å². The molecule has 6 nitrogen and oxygen atoms in total. The van der Waals surface area contributed by atoms with E-state index < -0.39 is 17.9 Å². The van der Waals surface area contributed by atoms with Crippen molar-refractivity contribution in [3.05, 3.63) is 82.9 Å². The topological polar surface area (TPSA) is 101 Å². The van der Waals surface area contributed by atoms with Crippen LogP contribution in [0.1, 0.15) is 50.5 Å². The Balaban J connectivity index is 2.00. The third kappa shape index (κ3) is 6.18. The Kier molecular flexibility index (Phi) is 8.19. The number of carboxylic acids is 2. The minimum atomic E-state index is -1.00. The quantitative estimate of drug-likeness (QED) is 0.352. The summed E-state index contributed by atoms with van der Waals surface area (Å²) >= 11 is 2.84. The molecule has 0 aliphatic carbocycles. The molecule has 0 bridgehead atoms. The van der Waals surface area contributed by atoms with Gasteiger partial charge in [-0.2, -0.15) is 0 Å². The monoisotopic (exact) mass is 482 g/mol. The molecule has 170 valence electrons. The van der Waals surface area contributed by atoms with E-state index in [2.05, 4.69) is 0 Å². The number of benzene rings is 3. The van der Waals surface area contributed by atoms with Crippen LogP contribution in [0.15, 0.2) is 80.2 Å². The van der Waals surface area contributed by atoms with Gasteiger partial charge >= 0.3 is 17.9 Å². The van der Waals surface area contributed by atoms with Crippen molar-refractivity contribution in [1.82, 2.24) is 0 Å². The summed E-state index contributed by atoms with van der Waals surface area (Å²) in [6.45, 7) is 4.00. The minimum absolute atomic E-state index is 0.187. The number of rotatable bonds is 9. The molecule has 3 rings (SSSR count). The zero-order valence-corrected chi connectivity index (χ0v) is 19.7. The van der Waals surface area contributed by atoms with Crippen LogP contribution in [0.4, 0.5) is 0 Å². The summed E-state index contributed by atoms with van der Waals surface area (Å²) in [5.74, 6) is -2.40. The number of carbonyl (C=O) groups is 3. The first-order valence-electron chi connectivity index (χ1n) is 10.2. The Labute approximate surface area is 200 Å². The van der Waals surface area contributed by atoms with Gasteiger partial charge in [0.15, 0.2) is 0 Å². The number of aromatic carboxylic acids is 2. The number of ether oxygens (including phenoxy) is 1. The van der Waals surface area contributed by atoms with Crippen LogP contribution in [-0.2, 0) is 11.2 Å². The average Bonchev–Trinajstić information content (AvgIpc) is 2.80. The van der Waals surface area contributed by atoms with Crippen molar-refractivity contribution in [3.8, 4) is 0 Å². The Morgan fingerprint density at radius 2 is 1.24 bits per heavy atom. The lowest BCUT2D eigenvalue weighted by Crippen LogP contribution is -2.07. The van der Waals surface area contributed by atoms with Gasteiger partial charge in [-0.05, 0) is 79.6 Å². The van der Waals surface area contributed by atoms with Gasteiger partial charge in [0.1, 0.15) is 0 Å². The normalized spacial score (nSPS) is 10.6. The molecule has 0 radical (unpaired) electrons. The molecule has 3 aromatic rings. The Morgan fingerprint density at radius 1 is 0.758 bits per heavy atom. The first kappa shape index (κ1) is 24.4. The lowest BCUT2D eigenvalue weighted by molar-refractivity contribution is 0.0521. The maximum atomic E-state index is 12.7. The third-order valence-electron chi connectivity index (χ3n) is 4.70. The van der Waals surface area contributed by atoms with E-state index in [-0.39, 0.29) is 17.7 Å². The molecule has 3 aromatic carbocycles. The summed E-state index contributed by atoms with van der Waals surface area (Å²) in [7, 11) is 0. The van der Waals surface area contributed by atoms with E-state index in [0.29, 0.717) is 16.9 Å². The summed E-state index contributed by atoms with van der Waals surface area (Å²) < 4.78 is 5.26. The maximum Gasteiger partial charge on any atom is 0.339 e. The van der Waals surface area contributed by atoms with Crippen LogP contribution in [0.3, 0.4) is 0 Å². The Morgan fingerprint density at radius 3 is 1.67 bits per heavy atom. The van der Waals surface area contributed by atoms with Gasteiger partial charge in [-0.15, -0.1) is 0 Å². The zero-order valence-electron chi connectivity index (χ0n) is 18.0. The van der Waals surface area contributed by atoms with E-state index in [0.717, 1.165) is 20.2 Å². The lowest BCUT2D eigenvalue weighted by atomic mass is 10.1. The molecule has 0 aliphatic heterocycles. The van der Waals surface area contributed by atoms with E-state index in [4.69, 9.17) is 14.9 Å². The van der Waals surface area contributed by atoms with Crippen LogP contribution in [-0.4, -0.2) is 34.7 Å². The van der Waals surface area contributed by atoms with Crippen LogP contribution in [0.25, 0.3) is 0 Å². The van der Waals surface area contributed by atoms with Crippen LogP contribution in [0, 0.1) is 0 Å². The fourth-order valence-corrected chi connectivity index (χ4v) is 5.08. The van der Waals surface area contributed by atoms with E-state index in [1.54, 1.807) is 43.3 Å². The van der Waals surface area contributed by atoms with Crippen molar-refractivity contribution in [1.29, 1.82) is 0 Å². The molecule has 0 unspecified atom stereocenters. The standard InChI is InChI=1S/C25H22O6S2/c1-3-15-13-20(25(30)31-4-2)22(33-19-11-7-17(8-12-19)24(28)29)14-21(15)32-18-9-5-16(6-10-18)23(26)27/h5-14H,3-4H2,1-2H3,(H,26,27)(H,28,29). The summed E-state index contributed by atoms with van der Waals surface area (Å²) in [4.78, 5) is 38.2. The minimum Gasteiger partial charge on any atom is -0.478 e. The second-order valence-corrected chi connectivity index (χ2v) is 9.12. The Hall–Kier alpha value is -3.23. The molecule has 0 spiro atoms. The molecular formula is C25H22O6S2. The highest BCUT2D eigenvalue weighted by atomic mass is 32.2. The molecule has 8 heteroatoms. The van der Waals surface area contributed by atoms with Crippen molar-refractivity contribution < 1.29 is 29.3 Å². The smallest absolute Gasteiger partial charge is 0.339 e. The molecular weight excluding hydrogens is 460 g/mol. The second kappa shape index (κ2) is 11.1. The summed E-state index contributed by atoms with van der Waals surface area (Å²) in [5, 5.41) is 18.2. The predicted molar refractivity (Wildman–Crippen MR) is 127 cm³/mol. The number of esters is 1. The number of hydrogen-bond donors (Lipinski definition) is 2. The molecule has 0 amide bonds. The first-order valence-corrected chi connectivity index (χ1v) is 11.8. The van der Waals surface area contributed by atoms with Gasteiger partial charge < -0.3 is 14.9 Å². The molecule has 0 saturated heterocycles. The van der Waals surface area contributed by atoms with E-state index in [1.165, 1.54) is 35.7 Å². The van der Waals surface area contributed by atoms with E-state index in [1.807, 2.05) is 19.1 Å². The number of carboxylic acid groups (broad SMARTS) is 2. The van der Waals surface area contributed by atoms with Crippen LogP contribution in [0.2, 0.25) is 0 Å². The van der Waals surface area contributed by atoms with Crippen LogP contribution >= 0.6 is 23.5 Å². The summed E-state index contributed by atoms with van der Waals surface area (Å²) in [5.41, 5.74) is 1.82. The third-order valence-corrected chi connectivity index (χ3v) is 6.87. The molecule has 0 aromatic heterocycles. The molecule has 0 aliphatic rings. The summed E-state index contributed by atoms with van der Waals surface area (Å²) in [6, 6.07) is 16.8. The van der Waals surface area contributed by atoms with E-state index >= 15 is 0 Å². The van der Waals surface area contributed by atoms with Gasteiger partial charge in [-0.3, -0.25) is 0 Å². The van der Waals surface area contributed by atoms with Gasteiger partial charge in [0, 0.05) is 19.6 Å². The van der Waals surface area contributed by atoms with Crippen molar-refractivity contribution >= 4 is 41.4 Å². The van der Waals surface area contributed by atoms with Crippen molar-refractivity contribution in [3.63, 3.8) is 0 Å². The maximum absolute atomic E-state index is 12.7. The van der Waals surface area contributed by atoms with Gasteiger partial charge in [0.25, 0.3) is 0 Å².